The van der Waals surface area contributed by atoms with Crippen LogP contribution < -0.4 is 5.32 Å². The molecule has 4 heteroatoms. The molecule has 122 valence electrons. The lowest BCUT2D eigenvalue weighted by Gasteiger charge is -2.38. The van der Waals surface area contributed by atoms with E-state index >= 15 is 0 Å². The molecule has 3 atom stereocenters. The van der Waals surface area contributed by atoms with Gasteiger partial charge in [-0.25, -0.2) is 4.79 Å². The summed E-state index contributed by atoms with van der Waals surface area (Å²) in [6.45, 7) is 0. The fourth-order valence-electron chi connectivity index (χ4n) is 3.86. The molecule has 1 aliphatic heterocycles. The number of methoxy groups -OCH3 is 1. The van der Waals surface area contributed by atoms with E-state index < -0.39 is 0 Å². The number of halogens is 1. The first-order valence-corrected chi connectivity index (χ1v) is 8.46. The highest BCUT2D eigenvalue weighted by Gasteiger charge is 2.38. The number of ether oxygens (including phenoxy) is 1. The summed E-state index contributed by atoms with van der Waals surface area (Å²) >= 11 is 6.42. The molecular weight excluding hydrogens is 322 g/mol. The van der Waals surface area contributed by atoms with E-state index in [2.05, 4.69) is 23.5 Å². The molecule has 3 unspecified atom stereocenters. The van der Waals surface area contributed by atoms with Crippen LogP contribution >= 0.6 is 11.6 Å². The summed E-state index contributed by atoms with van der Waals surface area (Å²) in [5.74, 6) is 0.525. The second kappa shape index (κ2) is 5.99. The minimum absolute atomic E-state index is 0.170. The van der Waals surface area contributed by atoms with Gasteiger partial charge in [-0.3, -0.25) is 0 Å². The third-order valence-electron chi connectivity index (χ3n) is 5.04. The number of carbonyl (C=O) groups excluding carboxylic acids is 1. The third-order valence-corrected chi connectivity index (χ3v) is 5.35. The molecule has 1 heterocycles. The van der Waals surface area contributed by atoms with Gasteiger partial charge in [-0.15, -0.1) is 0 Å². The van der Waals surface area contributed by atoms with Crippen LogP contribution in [-0.4, -0.2) is 13.1 Å². The summed E-state index contributed by atoms with van der Waals surface area (Å²) in [7, 11) is 1.40. The number of anilines is 1. The number of nitrogens with one attached hydrogen (secondary N) is 1. The number of hydrogen-bond acceptors (Lipinski definition) is 3. The first-order valence-electron chi connectivity index (χ1n) is 8.09. The maximum atomic E-state index is 11.6. The molecule has 1 aliphatic carbocycles. The highest BCUT2D eigenvalue weighted by molar-refractivity contribution is 6.33. The van der Waals surface area contributed by atoms with Crippen molar-refractivity contribution in [2.75, 3.05) is 12.4 Å². The van der Waals surface area contributed by atoms with E-state index in [1.54, 1.807) is 0 Å². The van der Waals surface area contributed by atoms with Crippen molar-refractivity contribution in [3.05, 3.63) is 76.3 Å². The minimum Gasteiger partial charge on any atom is -0.465 e. The zero-order valence-electron chi connectivity index (χ0n) is 13.3. The number of fused-ring (bicyclic) bond motifs is 3. The van der Waals surface area contributed by atoms with Crippen LogP contribution in [0, 0.1) is 5.92 Å². The number of allylic oxidation sites excluding steroid dienone is 2. The highest BCUT2D eigenvalue weighted by atomic mass is 35.5. The Morgan fingerprint density at radius 1 is 1.21 bits per heavy atom. The summed E-state index contributed by atoms with van der Waals surface area (Å²) in [5.41, 5.74) is 4.02. The first-order chi connectivity index (χ1) is 11.7. The number of benzene rings is 2. The van der Waals surface area contributed by atoms with Gasteiger partial charge in [0.1, 0.15) is 0 Å². The Kier molecular flexibility index (Phi) is 3.81. The maximum absolute atomic E-state index is 11.6. The molecular formula is C20H18ClNO2. The van der Waals surface area contributed by atoms with Crippen molar-refractivity contribution in [2.45, 2.75) is 18.4 Å². The van der Waals surface area contributed by atoms with Gasteiger partial charge in [0.25, 0.3) is 0 Å². The van der Waals surface area contributed by atoms with Crippen LogP contribution in [0.2, 0.25) is 5.02 Å². The third kappa shape index (κ3) is 2.40. The molecule has 0 spiro atoms. The second-order valence-electron chi connectivity index (χ2n) is 6.29. The minimum atomic E-state index is -0.313. The molecule has 2 aliphatic rings. The van der Waals surface area contributed by atoms with Crippen molar-refractivity contribution in [1.82, 2.24) is 0 Å². The summed E-state index contributed by atoms with van der Waals surface area (Å²) in [4.78, 5) is 11.6. The van der Waals surface area contributed by atoms with E-state index in [9.17, 15) is 4.79 Å². The molecule has 0 bridgehead atoms. The fraction of sp³-hybridized carbons (Fsp3) is 0.250. The predicted molar refractivity (Wildman–Crippen MR) is 95.6 cm³/mol. The normalized spacial score (nSPS) is 24.0. The van der Waals surface area contributed by atoms with Crippen LogP contribution in [0.15, 0.2) is 54.6 Å². The van der Waals surface area contributed by atoms with E-state index in [0.717, 1.165) is 22.7 Å². The predicted octanol–water partition coefficient (Wildman–Crippen LogP) is 4.95. The lowest BCUT2D eigenvalue weighted by atomic mass is 9.77. The molecule has 0 saturated carbocycles. The zero-order valence-corrected chi connectivity index (χ0v) is 14.1. The summed E-state index contributed by atoms with van der Waals surface area (Å²) in [6, 6.07) is 13.9. The van der Waals surface area contributed by atoms with Crippen molar-refractivity contribution in [3.8, 4) is 0 Å². The Hall–Kier alpha value is -2.26. The van der Waals surface area contributed by atoms with Crippen LogP contribution in [0.1, 0.15) is 39.9 Å². The number of carbonyl (C=O) groups is 1. The SMILES string of the molecule is COC(=O)c1ccc(C2Nc3c(Cl)cccc3C3C=CCC32)cc1. The number of rotatable bonds is 2. The average molecular weight is 340 g/mol. The van der Waals surface area contributed by atoms with Crippen LogP contribution in [0.4, 0.5) is 5.69 Å². The van der Waals surface area contributed by atoms with Crippen molar-refractivity contribution in [1.29, 1.82) is 0 Å². The van der Waals surface area contributed by atoms with E-state index in [1.807, 2.05) is 36.4 Å². The first kappa shape index (κ1) is 15.3. The fourth-order valence-corrected chi connectivity index (χ4v) is 4.09. The summed E-state index contributed by atoms with van der Waals surface area (Å²) in [6.07, 6.45) is 5.58. The van der Waals surface area contributed by atoms with Crippen LogP contribution in [-0.2, 0) is 4.74 Å². The van der Waals surface area contributed by atoms with Gasteiger partial charge >= 0.3 is 5.97 Å². The van der Waals surface area contributed by atoms with E-state index in [-0.39, 0.29) is 12.0 Å². The molecule has 0 saturated heterocycles. The zero-order chi connectivity index (χ0) is 16.7. The number of para-hydroxylation sites is 1. The van der Waals surface area contributed by atoms with Gasteiger partial charge in [0.05, 0.1) is 29.4 Å². The molecule has 24 heavy (non-hydrogen) atoms. The monoisotopic (exact) mass is 339 g/mol. The average Bonchev–Trinajstić information content (AvgIpc) is 3.11. The number of esters is 1. The van der Waals surface area contributed by atoms with Gasteiger partial charge in [-0.1, -0.05) is 48.0 Å². The molecule has 3 nitrogen and oxygen atoms in total. The highest BCUT2D eigenvalue weighted by Crippen LogP contribution is 2.51. The Morgan fingerprint density at radius 3 is 2.75 bits per heavy atom. The van der Waals surface area contributed by atoms with Gasteiger partial charge in [0.2, 0.25) is 0 Å². The Labute approximate surface area is 146 Å². The molecule has 0 aromatic heterocycles. The molecule has 2 aromatic carbocycles. The van der Waals surface area contributed by atoms with Crippen molar-refractivity contribution in [2.24, 2.45) is 5.92 Å². The lowest BCUT2D eigenvalue weighted by molar-refractivity contribution is 0.0600. The quantitative estimate of drug-likeness (QED) is 0.621. The smallest absolute Gasteiger partial charge is 0.337 e. The molecule has 0 amide bonds. The lowest BCUT2D eigenvalue weighted by Crippen LogP contribution is -2.29. The van der Waals surface area contributed by atoms with Gasteiger partial charge in [0, 0.05) is 5.92 Å². The van der Waals surface area contributed by atoms with Crippen molar-refractivity contribution in [3.63, 3.8) is 0 Å². The van der Waals surface area contributed by atoms with E-state index in [1.165, 1.54) is 12.7 Å². The second-order valence-corrected chi connectivity index (χ2v) is 6.70. The maximum Gasteiger partial charge on any atom is 0.337 e. The molecule has 1 N–H and O–H groups in total. The molecule has 4 rings (SSSR count). The van der Waals surface area contributed by atoms with Crippen LogP contribution in [0.5, 0.6) is 0 Å². The largest absolute Gasteiger partial charge is 0.465 e. The molecule has 0 radical (unpaired) electrons. The molecule has 2 aromatic rings. The van der Waals surface area contributed by atoms with E-state index in [0.29, 0.717) is 17.4 Å². The van der Waals surface area contributed by atoms with Crippen molar-refractivity contribution < 1.29 is 9.53 Å². The Balaban J connectivity index is 1.71. The summed E-state index contributed by atoms with van der Waals surface area (Å²) < 4.78 is 4.77. The van der Waals surface area contributed by atoms with Gasteiger partial charge in [0.15, 0.2) is 0 Å². The number of hydrogen-bond donors (Lipinski definition) is 1. The van der Waals surface area contributed by atoms with Gasteiger partial charge in [-0.2, -0.15) is 0 Å². The molecule has 0 fully saturated rings. The Bertz CT molecular complexity index is 813. The summed E-state index contributed by atoms with van der Waals surface area (Å²) in [5, 5.41) is 4.38. The topological polar surface area (TPSA) is 38.3 Å². The van der Waals surface area contributed by atoms with Gasteiger partial charge < -0.3 is 10.1 Å². The van der Waals surface area contributed by atoms with Crippen molar-refractivity contribution >= 4 is 23.3 Å². The Morgan fingerprint density at radius 2 is 2.00 bits per heavy atom. The van der Waals surface area contributed by atoms with Crippen LogP contribution in [0.3, 0.4) is 0 Å². The standard InChI is InChI=1S/C20H18ClNO2/c1-24-20(23)13-10-8-12(9-11-13)18-15-5-2-4-14(15)16-6-3-7-17(21)19(16)22-18/h2-4,6-11,14-15,18,22H,5H2,1H3. The van der Waals surface area contributed by atoms with Gasteiger partial charge in [-0.05, 0) is 41.7 Å². The van der Waals surface area contributed by atoms with Crippen LogP contribution in [0.25, 0.3) is 0 Å². The van der Waals surface area contributed by atoms with E-state index in [4.69, 9.17) is 16.3 Å².